The molecule has 3 aromatic rings. The SMILES string of the molecule is Cc1cc(C)c(S(=O)(=O)n2nc(C=O)c3cc(C#N)ccc32)c(C)c1. The third kappa shape index (κ3) is 2.61. The van der Waals surface area contributed by atoms with Gasteiger partial charge in [0, 0.05) is 5.39 Å². The maximum atomic E-state index is 13.2. The summed E-state index contributed by atoms with van der Waals surface area (Å²) in [6, 6.07) is 10.0. The minimum Gasteiger partial charge on any atom is -0.296 e. The zero-order valence-corrected chi connectivity index (χ0v) is 14.8. The van der Waals surface area contributed by atoms with Crippen molar-refractivity contribution in [1.29, 1.82) is 5.26 Å². The van der Waals surface area contributed by atoms with Gasteiger partial charge in [0.15, 0.2) is 6.29 Å². The number of carbonyl (C=O) groups excluding carboxylic acids is 1. The molecule has 0 amide bonds. The first kappa shape index (κ1) is 16.9. The van der Waals surface area contributed by atoms with Crippen molar-refractivity contribution < 1.29 is 13.2 Å². The first-order valence-electron chi connectivity index (χ1n) is 7.51. The molecule has 0 aliphatic heterocycles. The molecule has 0 saturated heterocycles. The highest BCUT2D eigenvalue weighted by molar-refractivity contribution is 7.90. The number of rotatable bonds is 3. The monoisotopic (exact) mass is 353 g/mol. The quantitative estimate of drug-likeness (QED) is 0.675. The molecule has 0 radical (unpaired) electrons. The van der Waals surface area contributed by atoms with Crippen LogP contribution in [0.3, 0.4) is 0 Å². The lowest BCUT2D eigenvalue weighted by Gasteiger charge is -2.12. The molecule has 0 unspecified atom stereocenters. The van der Waals surface area contributed by atoms with E-state index >= 15 is 0 Å². The van der Waals surface area contributed by atoms with Crippen molar-refractivity contribution >= 4 is 27.2 Å². The number of nitrogens with zero attached hydrogens (tertiary/aromatic N) is 3. The fraction of sp³-hybridized carbons (Fsp3) is 0.167. The Hall–Kier alpha value is -2.98. The highest BCUT2D eigenvalue weighted by Gasteiger charge is 2.26. The van der Waals surface area contributed by atoms with E-state index in [9.17, 15) is 13.2 Å². The molecular weight excluding hydrogens is 338 g/mol. The van der Waals surface area contributed by atoms with Crippen molar-refractivity contribution in [3.8, 4) is 6.07 Å². The van der Waals surface area contributed by atoms with E-state index < -0.39 is 10.0 Å². The van der Waals surface area contributed by atoms with Crippen molar-refractivity contribution in [3.05, 3.63) is 58.3 Å². The predicted molar refractivity (Wildman–Crippen MR) is 93.1 cm³/mol. The van der Waals surface area contributed by atoms with Crippen molar-refractivity contribution in [1.82, 2.24) is 9.19 Å². The first-order valence-corrected chi connectivity index (χ1v) is 8.95. The van der Waals surface area contributed by atoms with Crippen LogP contribution < -0.4 is 0 Å². The summed E-state index contributed by atoms with van der Waals surface area (Å²) in [6.45, 7) is 5.35. The summed E-state index contributed by atoms with van der Waals surface area (Å²) in [5.41, 5.74) is 2.77. The summed E-state index contributed by atoms with van der Waals surface area (Å²) < 4.78 is 27.3. The van der Waals surface area contributed by atoms with Crippen molar-refractivity contribution in [2.75, 3.05) is 0 Å². The van der Waals surface area contributed by atoms with Crippen LogP contribution in [0.4, 0.5) is 0 Å². The number of hydrogen-bond donors (Lipinski definition) is 0. The van der Waals surface area contributed by atoms with Crippen LogP contribution in [0.15, 0.2) is 35.2 Å². The number of benzene rings is 2. The molecule has 0 spiro atoms. The smallest absolute Gasteiger partial charge is 0.284 e. The number of hydrogen-bond acceptors (Lipinski definition) is 5. The van der Waals surface area contributed by atoms with Crippen molar-refractivity contribution in [3.63, 3.8) is 0 Å². The van der Waals surface area contributed by atoms with Gasteiger partial charge in [0.1, 0.15) is 5.69 Å². The lowest BCUT2D eigenvalue weighted by Crippen LogP contribution is -2.17. The van der Waals surface area contributed by atoms with Gasteiger partial charge in [0.2, 0.25) is 0 Å². The molecule has 1 aromatic heterocycles. The Morgan fingerprint density at radius 3 is 2.32 bits per heavy atom. The van der Waals surface area contributed by atoms with Crippen LogP contribution in [0, 0.1) is 32.1 Å². The largest absolute Gasteiger partial charge is 0.296 e. The summed E-state index contributed by atoms with van der Waals surface area (Å²) in [4.78, 5) is 11.5. The second-order valence-corrected chi connectivity index (χ2v) is 7.63. The average molecular weight is 353 g/mol. The van der Waals surface area contributed by atoms with Crippen molar-refractivity contribution in [2.24, 2.45) is 0 Å². The number of aromatic nitrogens is 2. The number of carbonyl (C=O) groups is 1. The molecule has 1 heterocycles. The Morgan fingerprint density at radius 1 is 1.12 bits per heavy atom. The van der Waals surface area contributed by atoms with E-state index in [-0.39, 0.29) is 16.1 Å². The van der Waals surface area contributed by atoms with E-state index in [1.165, 1.54) is 18.2 Å². The van der Waals surface area contributed by atoms with Gasteiger partial charge in [0.25, 0.3) is 10.0 Å². The third-order valence-corrected chi connectivity index (χ3v) is 5.90. The van der Waals surface area contributed by atoms with Crippen LogP contribution in [0.1, 0.15) is 32.7 Å². The third-order valence-electron chi connectivity index (χ3n) is 4.01. The molecule has 0 bridgehead atoms. The predicted octanol–water partition coefficient (Wildman–Crippen LogP) is 2.88. The van der Waals surface area contributed by atoms with E-state index in [1.807, 2.05) is 13.0 Å². The van der Waals surface area contributed by atoms with E-state index in [4.69, 9.17) is 5.26 Å². The second-order valence-electron chi connectivity index (χ2n) is 5.92. The Balaban J connectivity index is 2.37. The van der Waals surface area contributed by atoms with Gasteiger partial charge in [-0.2, -0.15) is 22.9 Å². The molecule has 0 fully saturated rings. The molecule has 6 nitrogen and oxygen atoms in total. The van der Waals surface area contributed by atoms with Gasteiger partial charge in [-0.15, -0.1) is 0 Å². The van der Waals surface area contributed by atoms with Gasteiger partial charge in [-0.05, 0) is 50.1 Å². The van der Waals surface area contributed by atoms with Gasteiger partial charge in [-0.3, -0.25) is 4.79 Å². The fourth-order valence-corrected chi connectivity index (χ4v) is 4.83. The number of aryl methyl sites for hydroxylation is 3. The summed E-state index contributed by atoms with van der Waals surface area (Å²) in [5.74, 6) is 0. The summed E-state index contributed by atoms with van der Waals surface area (Å²) in [6.07, 6.45) is 0.490. The molecule has 25 heavy (non-hydrogen) atoms. The highest BCUT2D eigenvalue weighted by atomic mass is 32.2. The second kappa shape index (κ2) is 5.83. The van der Waals surface area contributed by atoms with E-state index in [0.29, 0.717) is 28.4 Å². The van der Waals surface area contributed by atoms with Crippen LogP contribution in [0.25, 0.3) is 10.9 Å². The molecule has 3 rings (SSSR count). The van der Waals surface area contributed by atoms with Crippen LogP contribution in [-0.2, 0) is 10.0 Å². The van der Waals surface area contributed by atoms with E-state index in [2.05, 4.69) is 5.10 Å². The number of nitriles is 1. The molecule has 0 N–H and O–H groups in total. The maximum Gasteiger partial charge on any atom is 0.284 e. The van der Waals surface area contributed by atoms with Crippen LogP contribution >= 0.6 is 0 Å². The van der Waals surface area contributed by atoms with Gasteiger partial charge >= 0.3 is 0 Å². The molecule has 0 aliphatic carbocycles. The topological polar surface area (TPSA) is 92.8 Å². The Kier molecular flexibility index (Phi) is 3.93. The van der Waals surface area contributed by atoms with Crippen LogP contribution in [0.5, 0.6) is 0 Å². The van der Waals surface area contributed by atoms with Gasteiger partial charge in [-0.1, -0.05) is 17.7 Å². The maximum absolute atomic E-state index is 13.2. The Bertz CT molecular complexity index is 1150. The van der Waals surface area contributed by atoms with E-state index in [0.717, 1.165) is 9.65 Å². The zero-order chi connectivity index (χ0) is 18.4. The normalized spacial score (nSPS) is 11.4. The van der Waals surface area contributed by atoms with Gasteiger partial charge in [0.05, 0.1) is 22.0 Å². The molecular formula is C18H15N3O3S. The highest BCUT2D eigenvalue weighted by Crippen LogP contribution is 2.28. The minimum atomic E-state index is -3.99. The fourth-order valence-electron chi connectivity index (χ4n) is 3.11. The molecule has 0 atom stereocenters. The average Bonchev–Trinajstić information content (AvgIpc) is 2.92. The summed E-state index contributed by atoms with van der Waals surface area (Å²) >= 11 is 0. The number of fused-ring (bicyclic) bond motifs is 1. The molecule has 7 heteroatoms. The minimum absolute atomic E-state index is 0.0157. The molecule has 0 aliphatic rings. The lowest BCUT2D eigenvalue weighted by molar-refractivity contribution is 0.112. The number of aldehydes is 1. The van der Waals surface area contributed by atoms with Gasteiger partial charge < -0.3 is 0 Å². The van der Waals surface area contributed by atoms with Crippen LogP contribution in [-0.4, -0.2) is 23.9 Å². The standard InChI is InChI=1S/C18H15N3O3S/c1-11-6-12(2)18(13(3)7-11)25(23,24)21-17-5-4-14(9-19)8-15(17)16(10-22)20-21/h4-8,10H,1-3H3. The van der Waals surface area contributed by atoms with Crippen LogP contribution in [0.2, 0.25) is 0 Å². The summed E-state index contributed by atoms with van der Waals surface area (Å²) in [7, 11) is -3.99. The Labute approximate surface area is 145 Å². The first-order chi connectivity index (χ1) is 11.8. The lowest BCUT2D eigenvalue weighted by atomic mass is 10.1. The molecule has 0 saturated carbocycles. The van der Waals surface area contributed by atoms with Gasteiger partial charge in [-0.25, -0.2) is 0 Å². The van der Waals surface area contributed by atoms with Crippen molar-refractivity contribution in [2.45, 2.75) is 25.7 Å². The Morgan fingerprint density at radius 2 is 1.76 bits per heavy atom. The molecule has 126 valence electrons. The van der Waals surface area contributed by atoms with E-state index in [1.54, 1.807) is 26.0 Å². The zero-order valence-electron chi connectivity index (χ0n) is 13.9. The summed E-state index contributed by atoms with van der Waals surface area (Å²) in [5, 5.41) is 13.3. The molecule has 2 aromatic carbocycles.